The molecule has 1 aliphatic rings. The van der Waals surface area contributed by atoms with Gasteiger partial charge in [-0.05, 0) is 38.9 Å². The minimum Gasteiger partial charge on any atom is -0.380 e. The van der Waals surface area contributed by atoms with Crippen molar-refractivity contribution in [1.29, 1.82) is 0 Å². The van der Waals surface area contributed by atoms with Crippen LogP contribution in [-0.2, 0) is 4.74 Å². The topological polar surface area (TPSA) is 24.5 Å². The van der Waals surface area contributed by atoms with Gasteiger partial charge in [-0.25, -0.2) is 0 Å². The highest BCUT2D eigenvalue weighted by atomic mass is 16.5. The van der Waals surface area contributed by atoms with Gasteiger partial charge >= 0.3 is 0 Å². The summed E-state index contributed by atoms with van der Waals surface area (Å²) in [6.07, 6.45) is 3.81. The smallest absolute Gasteiger partial charge is 0.0593 e. The van der Waals surface area contributed by atoms with E-state index in [9.17, 15) is 0 Å². The van der Waals surface area contributed by atoms with Crippen molar-refractivity contribution >= 4 is 0 Å². The number of rotatable bonds is 6. The van der Waals surface area contributed by atoms with E-state index >= 15 is 0 Å². The van der Waals surface area contributed by atoms with Gasteiger partial charge in [-0.2, -0.15) is 0 Å². The first kappa shape index (κ1) is 12.0. The van der Waals surface area contributed by atoms with E-state index in [-0.39, 0.29) is 0 Å². The quantitative estimate of drug-likeness (QED) is 0.650. The molecule has 1 aliphatic heterocycles. The van der Waals surface area contributed by atoms with Gasteiger partial charge in [0.2, 0.25) is 0 Å². The summed E-state index contributed by atoms with van der Waals surface area (Å²) in [7, 11) is 0. The third-order valence-electron chi connectivity index (χ3n) is 2.64. The van der Waals surface area contributed by atoms with E-state index in [4.69, 9.17) is 4.74 Å². The summed E-state index contributed by atoms with van der Waals surface area (Å²) in [6, 6.07) is 0. The van der Waals surface area contributed by atoms with Gasteiger partial charge in [-0.15, -0.1) is 0 Å². The molecule has 0 amide bonds. The molecule has 1 fully saturated rings. The fraction of sp³-hybridized carbons (Fsp3) is 1.00. The molecule has 14 heavy (non-hydrogen) atoms. The number of hydrogen-bond acceptors (Lipinski definition) is 3. The van der Waals surface area contributed by atoms with Crippen molar-refractivity contribution in [2.24, 2.45) is 0 Å². The van der Waals surface area contributed by atoms with Crippen LogP contribution >= 0.6 is 0 Å². The van der Waals surface area contributed by atoms with Crippen LogP contribution in [-0.4, -0.2) is 50.8 Å². The number of hydrogen-bond donors (Lipinski definition) is 1. The molecule has 0 aromatic rings. The number of nitrogens with one attached hydrogen (secondary N) is 1. The van der Waals surface area contributed by atoms with Gasteiger partial charge in [-0.3, -0.25) is 0 Å². The third-order valence-corrected chi connectivity index (χ3v) is 2.64. The molecule has 0 radical (unpaired) electrons. The Hall–Kier alpha value is -0.120. The number of ether oxygens (including phenoxy) is 1. The lowest BCUT2D eigenvalue weighted by atomic mass is 10.2. The maximum Gasteiger partial charge on any atom is 0.0593 e. The third kappa shape index (κ3) is 5.58. The lowest BCUT2D eigenvalue weighted by Crippen LogP contribution is -2.28. The highest BCUT2D eigenvalue weighted by Crippen LogP contribution is 2.01. The lowest BCUT2D eigenvalue weighted by Gasteiger charge is -2.18. The molecule has 0 aromatic heterocycles. The normalized spacial score (nSPS) is 19.5. The zero-order chi connectivity index (χ0) is 10.1. The molecule has 3 nitrogen and oxygen atoms in total. The average Bonchev–Trinajstić information content (AvgIpc) is 2.46. The molecule has 1 saturated heterocycles. The van der Waals surface area contributed by atoms with Crippen molar-refractivity contribution in [1.82, 2.24) is 10.2 Å². The Bertz CT molecular complexity index is 122. The Labute approximate surface area is 87.8 Å². The summed E-state index contributed by atoms with van der Waals surface area (Å²) >= 11 is 0. The maximum absolute atomic E-state index is 5.42. The van der Waals surface area contributed by atoms with E-state index in [1.165, 1.54) is 38.9 Å². The first-order chi connectivity index (χ1) is 6.93. The molecular weight excluding hydrogens is 176 g/mol. The highest BCUT2D eigenvalue weighted by Gasteiger charge is 2.07. The summed E-state index contributed by atoms with van der Waals surface area (Å²) in [6.45, 7) is 9.89. The first-order valence-corrected chi connectivity index (χ1v) is 5.94. The minimum absolute atomic E-state index is 0.924. The van der Waals surface area contributed by atoms with Crippen molar-refractivity contribution in [3.63, 3.8) is 0 Å². The second kappa shape index (κ2) is 8.21. The van der Waals surface area contributed by atoms with Crippen LogP contribution in [0.4, 0.5) is 0 Å². The molecule has 3 heteroatoms. The van der Waals surface area contributed by atoms with Gasteiger partial charge in [0.1, 0.15) is 0 Å². The van der Waals surface area contributed by atoms with Crippen molar-refractivity contribution in [2.75, 3.05) is 45.9 Å². The van der Waals surface area contributed by atoms with Gasteiger partial charge in [-0.1, -0.05) is 6.92 Å². The van der Waals surface area contributed by atoms with Crippen molar-refractivity contribution in [3.05, 3.63) is 0 Å². The van der Waals surface area contributed by atoms with Crippen LogP contribution in [0.3, 0.4) is 0 Å². The first-order valence-electron chi connectivity index (χ1n) is 5.94. The molecule has 1 heterocycles. The van der Waals surface area contributed by atoms with E-state index in [0.29, 0.717) is 0 Å². The summed E-state index contributed by atoms with van der Waals surface area (Å²) in [5.41, 5.74) is 0. The number of nitrogens with zero attached hydrogens (tertiary/aromatic N) is 1. The fourth-order valence-electron chi connectivity index (χ4n) is 1.78. The Balaban J connectivity index is 1.93. The maximum atomic E-state index is 5.42. The van der Waals surface area contributed by atoms with Crippen molar-refractivity contribution < 1.29 is 4.74 Å². The zero-order valence-corrected chi connectivity index (χ0v) is 9.43. The van der Waals surface area contributed by atoms with Crippen LogP contribution in [0.25, 0.3) is 0 Å². The van der Waals surface area contributed by atoms with E-state index in [1.54, 1.807) is 0 Å². The molecule has 1 N–H and O–H groups in total. The minimum atomic E-state index is 0.924. The molecule has 0 aliphatic carbocycles. The largest absolute Gasteiger partial charge is 0.380 e. The van der Waals surface area contributed by atoms with Crippen LogP contribution < -0.4 is 5.32 Å². The molecule has 0 atom stereocenters. The molecule has 0 saturated carbocycles. The van der Waals surface area contributed by atoms with Crippen LogP contribution in [0, 0.1) is 0 Å². The summed E-state index contributed by atoms with van der Waals surface area (Å²) in [4.78, 5) is 2.53. The monoisotopic (exact) mass is 200 g/mol. The zero-order valence-electron chi connectivity index (χ0n) is 9.43. The van der Waals surface area contributed by atoms with Gasteiger partial charge in [0.05, 0.1) is 6.61 Å². The SMILES string of the molecule is CCNCCCCN1CCCOCC1. The Morgan fingerprint density at radius 1 is 1.21 bits per heavy atom. The van der Waals surface area contributed by atoms with Crippen LogP contribution in [0.5, 0.6) is 0 Å². The molecule has 0 spiro atoms. The summed E-state index contributed by atoms with van der Waals surface area (Å²) in [5, 5.41) is 3.36. The second-order valence-electron chi connectivity index (χ2n) is 3.87. The predicted octanol–water partition coefficient (Wildman–Crippen LogP) is 1.10. The van der Waals surface area contributed by atoms with E-state index in [0.717, 1.165) is 26.3 Å². The summed E-state index contributed by atoms with van der Waals surface area (Å²) in [5.74, 6) is 0. The predicted molar refractivity (Wildman–Crippen MR) is 59.7 cm³/mol. The van der Waals surface area contributed by atoms with Gasteiger partial charge in [0, 0.05) is 19.7 Å². The Morgan fingerprint density at radius 2 is 2.14 bits per heavy atom. The van der Waals surface area contributed by atoms with Crippen LogP contribution in [0.15, 0.2) is 0 Å². The van der Waals surface area contributed by atoms with E-state index < -0.39 is 0 Å². The standard InChI is InChI=1S/C11H24N2O/c1-2-12-6-3-4-7-13-8-5-10-14-11-9-13/h12H,2-11H2,1H3. The molecule has 0 bridgehead atoms. The van der Waals surface area contributed by atoms with Crippen LogP contribution in [0.1, 0.15) is 26.2 Å². The highest BCUT2D eigenvalue weighted by molar-refractivity contribution is 4.61. The van der Waals surface area contributed by atoms with Gasteiger partial charge in [0.15, 0.2) is 0 Å². The molecule has 1 rings (SSSR count). The van der Waals surface area contributed by atoms with Crippen molar-refractivity contribution in [2.45, 2.75) is 26.2 Å². The molecular formula is C11H24N2O. The lowest BCUT2D eigenvalue weighted by molar-refractivity contribution is 0.141. The Morgan fingerprint density at radius 3 is 3.00 bits per heavy atom. The molecule has 0 aromatic carbocycles. The average molecular weight is 200 g/mol. The number of unbranched alkanes of at least 4 members (excludes halogenated alkanes) is 1. The van der Waals surface area contributed by atoms with Gasteiger partial charge < -0.3 is 15.0 Å². The second-order valence-corrected chi connectivity index (χ2v) is 3.87. The molecule has 0 unspecified atom stereocenters. The summed E-state index contributed by atoms with van der Waals surface area (Å²) < 4.78 is 5.42. The fourth-order valence-corrected chi connectivity index (χ4v) is 1.78. The van der Waals surface area contributed by atoms with Crippen molar-refractivity contribution in [3.8, 4) is 0 Å². The Kier molecular flexibility index (Phi) is 7.01. The van der Waals surface area contributed by atoms with E-state index in [2.05, 4.69) is 17.1 Å². The van der Waals surface area contributed by atoms with E-state index in [1.807, 2.05) is 0 Å². The van der Waals surface area contributed by atoms with Crippen LogP contribution in [0.2, 0.25) is 0 Å². The van der Waals surface area contributed by atoms with Gasteiger partial charge in [0.25, 0.3) is 0 Å². The molecule has 84 valence electrons.